The van der Waals surface area contributed by atoms with Gasteiger partial charge in [-0.3, -0.25) is 9.59 Å². The molecule has 5 nitrogen and oxygen atoms in total. The lowest BCUT2D eigenvalue weighted by molar-refractivity contribution is -0.159. The Labute approximate surface area is 163 Å². The average Bonchev–Trinajstić information content (AvgIpc) is 2.85. The molecule has 4 aliphatic rings. The smallest absolute Gasteiger partial charge is 0.372 e. The van der Waals surface area contributed by atoms with Crippen molar-refractivity contribution in [2.45, 2.75) is 52.3 Å². The molecule has 9 atom stereocenters. The van der Waals surface area contributed by atoms with E-state index in [4.69, 9.17) is 0 Å². The Morgan fingerprint density at radius 2 is 1.93 bits per heavy atom. The van der Waals surface area contributed by atoms with Crippen LogP contribution >= 0.6 is 0 Å². The number of carbonyl (C=O) groups excluding carboxylic acids is 2. The third-order valence-electron chi connectivity index (χ3n) is 8.31. The van der Waals surface area contributed by atoms with Gasteiger partial charge in [-0.05, 0) is 60.2 Å². The molecule has 152 valence electrons. The van der Waals surface area contributed by atoms with Crippen molar-refractivity contribution >= 4 is 17.5 Å². The lowest BCUT2D eigenvalue weighted by Crippen LogP contribution is -2.58. The average molecular weight is 390 g/mol. The van der Waals surface area contributed by atoms with Crippen molar-refractivity contribution in [3.63, 3.8) is 0 Å². The number of allylic oxidation sites excluding steroid dienone is 4. The summed E-state index contributed by atoms with van der Waals surface area (Å²) in [6, 6.07) is 0. The highest BCUT2D eigenvalue weighted by Crippen LogP contribution is 2.67. The van der Waals surface area contributed by atoms with Crippen molar-refractivity contribution in [1.82, 2.24) is 0 Å². The summed E-state index contributed by atoms with van der Waals surface area (Å²) in [5, 5.41) is 20.5. The summed E-state index contributed by atoms with van der Waals surface area (Å²) in [5.41, 5.74) is -0.969. The number of carboxylic acid groups (broad SMARTS) is 1. The molecule has 4 aliphatic carbocycles. The highest BCUT2D eigenvalue weighted by atomic mass is 19.1. The molecular weight excluding hydrogens is 363 g/mol. The first kappa shape index (κ1) is 19.5. The number of fused-ring (bicyclic) bond motifs is 5. The van der Waals surface area contributed by atoms with Gasteiger partial charge >= 0.3 is 5.97 Å². The fourth-order valence-corrected chi connectivity index (χ4v) is 7.39. The van der Waals surface area contributed by atoms with E-state index in [1.54, 1.807) is 6.08 Å². The largest absolute Gasteiger partial charge is 0.475 e. The Hall–Kier alpha value is -1.82. The maximum atomic E-state index is 15.2. The molecule has 0 aromatic rings. The number of aliphatic carboxylic acids is 1. The number of aliphatic hydroxyl groups excluding tert-OH is 1. The van der Waals surface area contributed by atoms with E-state index in [1.807, 2.05) is 20.8 Å². The number of alkyl halides is 1. The van der Waals surface area contributed by atoms with Crippen LogP contribution in [0.2, 0.25) is 0 Å². The molecule has 3 saturated carbocycles. The van der Waals surface area contributed by atoms with Gasteiger partial charge in [0.05, 0.1) is 6.10 Å². The first-order valence-corrected chi connectivity index (χ1v) is 10.0. The molecule has 0 unspecified atom stereocenters. The first-order valence-electron chi connectivity index (χ1n) is 10.0. The van der Waals surface area contributed by atoms with Crippen molar-refractivity contribution in [2.24, 2.45) is 40.4 Å². The summed E-state index contributed by atoms with van der Waals surface area (Å²) in [5.74, 6) is -3.72. The summed E-state index contributed by atoms with van der Waals surface area (Å²) >= 11 is 0. The Kier molecular flexibility index (Phi) is 4.24. The van der Waals surface area contributed by atoms with Gasteiger partial charge in [0.25, 0.3) is 0 Å². The van der Waals surface area contributed by atoms with Gasteiger partial charge in [0.15, 0.2) is 5.78 Å². The second-order valence-corrected chi connectivity index (χ2v) is 9.75. The van der Waals surface area contributed by atoms with Crippen LogP contribution in [0.25, 0.3) is 0 Å². The molecule has 0 radical (unpaired) electrons. The summed E-state index contributed by atoms with van der Waals surface area (Å²) in [6.07, 6.45) is 3.65. The quantitative estimate of drug-likeness (QED) is 0.708. The van der Waals surface area contributed by atoms with Gasteiger partial charge in [-0.1, -0.05) is 26.8 Å². The van der Waals surface area contributed by atoms with Crippen molar-refractivity contribution < 1.29 is 29.0 Å². The van der Waals surface area contributed by atoms with Crippen LogP contribution in [0.15, 0.2) is 23.8 Å². The molecule has 0 spiro atoms. The molecule has 0 aromatic heterocycles. The summed E-state index contributed by atoms with van der Waals surface area (Å²) in [6.45, 7) is 5.67. The molecule has 3 fully saturated rings. The van der Waals surface area contributed by atoms with Crippen LogP contribution in [-0.2, 0) is 14.4 Å². The molecular formula is C22H27FO5. The summed E-state index contributed by atoms with van der Waals surface area (Å²) in [4.78, 5) is 35.7. The van der Waals surface area contributed by atoms with Crippen molar-refractivity contribution in [3.8, 4) is 0 Å². The fraction of sp³-hybridized carbons (Fsp3) is 0.682. The van der Waals surface area contributed by atoms with Crippen LogP contribution in [0, 0.1) is 40.4 Å². The summed E-state index contributed by atoms with van der Waals surface area (Å²) < 4.78 is 15.2. The van der Waals surface area contributed by atoms with Crippen LogP contribution in [0.3, 0.4) is 0 Å². The molecule has 0 bridgehead atoms. The molecule has 0 aliphatic heterocycles. The van der Waals surface area contributed by atoms with Gasteiger partial charge in [0.1, 0.15) is 6.17 Å². The van der Waals surface area contributed by atoms with E-state index >= 15 is 4.39 Å². The van der Waals surface area contributed by atoms with E-state index in [-0.39, 0.29) is 35.9 Å². The molecule has 0 heterocycles. The Bertz CT molecular complexity index is 816. The van der Waals surface area contributed by atoms with Crippen molar-refractivity contribution in [3.05, 3.63) is 23.8 Å². The van der Waals surface area contributed by atoms with Crippen LogP contribution in [-0.4, -0.2) is 40.0 Å². The minimum Gasteiger partial charge on any atom is -0.475 e. The van der Waals surface area contributed by atoms with Crippen LogP contribution < -0.4 is 0 Å². The number of hydrogen-bond acceptors (Lipinski definition) is 4. The Morgan fingerprint density at radius 3 is 2.57 bits per heavy atom. The normalized spacial score (nSPS) is 49.7. The predicted molar refractivity (Wildman–Crippen MR) is 99.0 cm³/mol. The molecule has 4 rings (SSSR count). The number of Topliss-reactive ketones (excluding diaryl/α,β-unsaturated/α-hetero) is 1. The Morgan fingerprint density at radius 1 is 1.25 bits per heavy atom. The number of halogens is 1. The van der Waals surface area contributed by atoms with Gasteiger partial charge in [-0.2, -0.15) is 0 Å². The van der Waals surface area contributed by atoms with Gasteiger partial charge in [0, 0.05) is 17.3 Å². The fourth-order valence-electron chi connectivity index (χ4n) is 7.39. The highest BCUT2D eigenvalue weighted by Gasteiger charge is 2.66. The zero-order valence-corrected chi connectivity index (χ0v) is 16.4. The standard InChI is InChI=1S/C22H27FO5/c1-10-6-13-12-8-15(23)14-7-11(24)4-5-21(14,2)18(12)16(25)9-22(13,3)17(10)19(26)20(27)28/h4-5,7,10,12-13,15-18,25H,6,8-9H2,1-3H3,(H,27,28)/t10-,12+,13+,15+,16-,17-,18-,21+,22+/m1/s1. The SMILES string of the molecule is C[C@@H]1C[C@H]2[C@@H]3C[C@H](F)C4=CC(=O)C=C[C@]4(C)[C@H]3[C@H](O)C[C@]2(C)[C@H]1C(=O)C(=O)O. The monoisotopic (exact) mass is 390 g/mol. The predicted octanol–water partition coefficient (Wildman–Crippen LogP) is 2.73. The molecule has 6 heteroatoms. The van der Waals surface area contributed by atoms with Gasteiger partial charge in [0.2, 0.25) is 5.78 Å². The van der Waals surface area contributed by atoms with E-state index in [2.05, 4.69) is 0 Å². The zero-order valence-electron chi connectivity index (χ0n) is 16.4. The number of rotatable bonds is 2. The molecule has 0 saturated heterocycles. The zero-order chi connectivity index (χ0) is 20.6. The molecule has 0 aromatic carbocycles. The molecule has 0 amide bonds. The number of carbonyl (C=O) groups is 3. The maximum absolute atomic E-state index is 15.2. The maximum Gasteiger partial charge on any atom is 0.372 e. The second-order valence-electron chi connectivity index (χ2n) is 9.75. The second kappa shape index (κ2) is 6.09. The van der Waals surface area contributed by atoms with Gasteiger partial charge in [-0.25, -0.2) is 9.18 Å². The van der Waals surface area contributed by atoms with Crippen LogP contribution in [0.5, 0.6) is 0 Å². The van der Waals surface area contributed by atoms with Gasteiger partial charge < -0.3 is 10.2 Å². The first-order chi connectivity index (χ1) is 13.0. The topological polar surface area (TPSA) is 91.7 Å². The number of carboxylic acids is 1. The van der Waals surface area contributed by atoms with Crippen molar-refractivity contribution in [1.29, 1.82) is 0 Å². The van der Waals surface area contributed by atoms with E-state index in [0.29, 0.717) is 18.4 Å². The third kappa shape index (κ3) is 2.43. The van der Waals surface area contributed by atoms with Crippen LogP contribution in [0.4, 0.5) is 4.39 Å². The summed E-state index contributed by atoms with van der Waals surface area (Å²) in [7, 11) is 0. The number of aliphatic hydroxyl groups is 1. The number of hydrogen-bond donors (Lipinski definition) is 2. The highest BCUT2D eigenvalue weighted by molar-refractivity contribution is 6.33. The minimum atomic E-state index is -1.44. The lowest BCUT2D eigenvalue weighted by Gasteiger charge is -2.59. The minimum absolute atomic E-state index is 0.0353. The molecule has 28 heavy (non-hydrogen) atoms. The van der Waals surface area contributed by atoms with Crippen LogP contribution in [0.1, 0.15) is 40.0 Å². The van der Waals surface area contributed by atoms with E-state index < -0.39 is 40.8 Å². The van der Waals surface area contributed by atoms with E-state index in [0.717, 1.165) is 0 Å². The third-order valence-corrected chi connectivity index (χ3v) is 8.31. The lowest BCUT2D eigenvalue weighted by atomic mass is 9.46. The van der Waals surface area contributed by atoms with Crippen molar-refractivity contribution in [2.75, 3.05) is 0 Å². The molecule has 2 N–H and O–H groups in total. The van der Waals surface area contributed by atoms with E-state index in [9.17, 15) is 24.6 Å². The Balaban J connectivity index is 1.77. The van der Waals surface area contributed by atoms with E-state index in [1.165, 1.54) is 12.2 Å². The number of ketones is 2. The van der Waals surface area contributed by atoms with Gasteiger partial charge in [-0.15, -0.1) is 0 Å².